The van der Waals surface area contributed by atoms with Crippen molar-refractivity contribution in [2.75, 3.05) is 33.7 Å². The third kappa shape index (κ3) is 40.1. The van der Waals surface area contributed by atoms with Gasteiger partial charge < -0.3 is 50.5 Å². The van der Waals surface area contributed by atoms with Gasteiger partial charge in [-0.25, -0.2) is 48.3 Å². The van der Waals surface area contributed by atoms with Gasteiger partial charge in [0.2, 0.25) is 0 Å². The molecule has 4 N–H and O–H groups in total. The van der Waals surface area contributed by atoms with E-state index in [2.05, 4.69) is 81.9 Å². The monoisotopic (exact) mass is 2000 g/mol. The molecule has 0 unspecified atom stereocenters. The van der Waals surface area contributed by atoms with Crippen LogP contribution in [-0.4, -0.2) is 70.8 Å². The van der Waals surface area contributed by atoms with Crippen molar-refractivity contribution in [1.29, 1.82) is 0 Å². The summed E-state index contributed by atoms with van der Waals surface area (Å²) in [5.74, 6) is -5.37. The quantitative estimate of drug-likeness (QED) is 0.0158. The van der Waals surface area contributed by atoms with Gasteiger partial charge in [0, 0.05) is 40.2 Å². The van der Waals surface area contributed by atoms with E-state index >= 15 is 0 Å². The predicted molar refractivity (Wildman–Crippen MR) is 462 cm³/mol. The minimum Gasteiger partial charge on any atom is -1.00 e. The molecule has 0 bridgehead atoms. The Balaban J connectivity index is -0.000000300. The smallest absolute Gasteiger partial charge is 1.00 e. The summed E-state index contributed by atoms with van der Waals surface area (Å²) in [6.45, 7) is -0.181. The second kappa shape index (κ2) is 66.7. The molecular weight excluding hydrogens is 1920 g/mol. The number of hydrogen-bond donors (Lipinski definition) is 4. The molecule has 0 spiro atoms. The molecule has 0 saturated heterocycles. The number of phenolic OH excluding ortho intramolecular Hbond substituents is 2. The Hall–Kier alpha value is -5.98. The van der Waals surface area contributed by atoms with Gasteiger partial charge in [-0.15, -0.1) is 70.5 Å². The van der Waals surface area contributed by atoms with Crippen LogP contribution in [-0.2, 0) is 9.68 Å². The minimum absolute atomic E-state index is 0. The molecule has 0 amide bonds. The summed E-state index contributed by atoms with van der Waals surface area (Å²) < 4.78 is 170. The molecular formula is C83H83B2Br4Cl2F11K2NO11P. The number of benzene rings is 12. The van der Waals surface area contributed by atoms with E-state index in [4.69, 9.17) is 61.9 Å². The molecule has 0 radical (unpaired) electrons. The summed E-state index contributed by atoms with van der Waals surface area (Å²) in [5, 5.41) is 46.6. The third-order valence-electron chi connectivity index (χ3n) is 13.7. The number of nitrogens with zero attached hydrogens (tertiary/aromatic N) is 1. The van der Waals surface area contributed by atoms with Crippen LogP contribution in [0.25, 0.3) is 66.4 Å². The summed E-state index contributed by atoms with van der Waals surface area (Å²) in [6, 6.07) is 63.2. The molecule has 1 heterocycles. The van der Waals surface area contributed by atoms with E-state index in [1.807, 2.05) is 24.3 Å². The molecule has 12 nitrogen and oxygen atoms in total. The number of carbonyl (C=O) groups excluding carboxylic acids is 1. The van der Waals surface area contributed by atoms with E-state index in [1.54, 1.807) is 116 Å². The molecule has 13 aromatic rings. The van der Waals surface area contributed by atoms with Gasteiger partial charge in [0.05, 0.1) is 58.8 Å². The van der Waals surface area contributed by atoms with Gasteiger partial charge in [-0.2, -0.15) is 0 Å². The van der Waals surface area contributed by atoms with Crippen molar-refractivity contribution in [3.8, 4) is 73.3 Å². The van der Waals surface area contributed by atoms with Gasteiger partial charge in [0.1, 0.15) is 104 Å². The maximum atomic E-state index is 13.6. The van der Waals surface area contributed by atoms with Crippen LogP contribution in [0.5, 0.6) is 28.7 Å². The topological polar surface area (TPSA) is 183 Å². The zero-order valence-electron chi connectivity index (χ0n) is 60.7. The second-order valence-corrected chi connectivity index (χ2v) is 28.9. The zero-order valence-corrected chi connectivity index (χ0v) is 74.8. The van der Waals surface area contributed by atoms with Gasteiger partial charge in [-0.05, 0) is 134 Å². The molecule has 117 heavy (non-hydrogen) atoms. The first-order chi connectivity index (χ1) is 52.7. The van der Waals surface area contributed by atoms with Gasteiger partial charge in [-0.1, -0.05) is 183 Å². The van der Waals surface area contributed by atoms with Gasteiger partial charge in [0.25, 0.3) is 6.47 Å². The summed E-state index contributed by atoms with van der Waals surface area (Å²) in [7, 11) is 7.43. The van der Waals surface area contributed by atoms with Crippen LogP contribution in [0.2, 0.25) is 0 Å². The number of alkyl halides is 2. The summed E-state index contributed by atoms with van der Waals surface area (Å²) in [6.07, 6.45) is 0. The molecule has 0 aliphatic rings. The Morgan fingerprint density at radius 3 is 0.957 bits per heavy atom. The van der Waals surface area contributed by atoms with Crippen LogP contribution in [0.3, 0.4) is 0 Å². The average molecular weight is 2000 g/mol. The fourth-order valence-electron chi connectivity index (χ4n) is 9.18. The van der Waals surface area contributed by atoms with Crippen LogP contribution < -0.4 is 128 Å². The Morgan fingerprint density at radius 2 is 0.667 bits per heavy atom. The largest absolute Gasteiger partial charge is 1.00 e. The number of para-hydroxylation sites is 6. The molecule has 13 rings (SSSR count). The van der Waals surface area contributed by atoms with Crippen molar-refractivity contribution in [2.45, 2.75) is 37.1 Å². The molecule has 1 aromatic heterocycles. The van der Waals surface area contributed by atoms with E-state index < -0.39 is 65.3 Å². The molecule has 618 valence electrons. The van der Waals surface area contributed by atoms with E-state index in [-0.39, 0.29) is 211 Å². The van der Waals surface area contributed by atoms with Crippen LogP contribution in [0.15, 0.2) is 268 Å². The first-order valence-electron chi connectivity index (χ1n) is 30.9. The molecule has 0 fully saturated rings. The number of phenols is 2. The van der Waals surface area contributed by atoms with E-state index in [0.717, 1.165) is 35.2 Å². The Labute approximate surface area is 807 Å². The number of fused-ring (bicyclic) bond motifs is 3. The Kier molecular flexibility index (Phi) is 68.2. The number of rotatable bonds is 9. The van der Waals surface area contributed by atoms with Crippen molar-refractivity contribution in [3.63, 3.8) is 0 Å². The van der Waals surface area contributed by atoms with Gasteiger partial charge >= 0.3 is 113 Å². The zero-order chi connectivity index (χ0) is 81.8. The standard InChI is InChI=1S/2C13H10F2O.2C12H8F2O.C12H7FO.C7H9BO3.C6H3BrF2.CH2Cl2.CH4NP.CH2O3.5CH4.BBr3.2K.H/c2*1-16-12-8-3-2-5-9(12)13-10(14)6-4-7-11(13)15;2*13-9-5-3-6-10(14)12(9)8-4-1-2-7-11(8)15;13-9-5-3-7-11-12(9)8-4-1-2-6-10(8)14-11;1-11-7-5-3-2-4-6(7)8(9)10;7-6-4(8)2-1-3-5(6)9;2-1-3;1-2-3;2-1-4-3;;;;;;2-1(3)4;;;/h2*2-8H,1H3;2*1-7,15H;1-7H;2-5,9-10H,1H3;1-3H;1H2;3H,1H3;1,3H;5*1H4;;;;/q;;;;;;;;;;;;;;;;2*+1;-1/p-1. The van der Waals surface area contributed by atoms with Crippen LogP contribution in [0.1, 0.15) is 38.6 Å². The van der Waals surface area contributed by atoms with Crippen molar-refractivity contribution >= 4 is 140 Å². The summed E-state index contributed by atoms with van der Waals surface area (Å²) in [4.78, 5) is 11.2. The SMILES string of the molecule is BrB(Br)Br.C.C.C.C.C.CN=P.COc1ccccc1-c1c(F)cccc1F.COc1ccccc1-c1c(F)cccc1F.COc1ccccc1B(O)O.ClCCl.Fc1cccc(F)c1Br.Fc1cccc2oc3ccccc3c12.O=CO[O-].Oc1ccccc1-c1c(F)cccc1F.Oc1ccccc1-c1c(F)cccc1F.[H-].[K+].[K+]. The van der Waals surface area contributed by atoms with Gasteiger partial charge in [-0.3, -0.25) is 9.54 Å². The average Bonchev–Trinajstić information content (AvgIpc) is 1.63. The number of halogens is 17. The van der Waals surface area contributed by atoms with Crippen LogP contribution >= 0.6 is 95.4 Å². The Bertz CT molecular complexity index is 4720. The number of carbonyl (C=O) groups is 1. The summed E-state index contributed by atoms with van der Waals surface area (Å²) >= 11 is 21.6. The molecule has 12 aromatic carbocycles. The Morgan fingerprint density at radius 1 is 0.427 bits per heavy atom. The fourth-order valence-corrected chi connectivity index (χ4v) is 9.45. The maximum Gasteiger partial charge on any atom is 1.00 e. The number of aromatic hydroxyl groups is 2. The fraction of sp³-hybridized carbons (Fsp3) is 0.120. The van der Waals surface area contributed by atoms with Crippen molar-refractivity contribution in [1.82, 2.24) is 0 Å². The molecule has 0 aliphatic heterocycles. The number of ether oxygens (including phenoxy) is 3. The maximum absolute atomic E-state index is 13.6. The molecule has 34 heteroatoms. The van der Waals surface area contributed by atoms with Crippen LogP contribution in [0, 0.1) is 64.0 Å². The second-order valence-electron chi connectivity index (χ2n) is 20.4. The predicted octanol–water partition coefficient (Wildman–Crippen LogP) is 20.0. The molecule has 0 aliphatic carbocycles. The first kappa shape index (κ1) is 120. The minimum atomic E-state index is -1.47. The number of furan rings is 1. The van der Waals surface area contributed by atoms with Crippen molar-refractivity contribution in [2.24, 2.45) is 4.74 Å². The van der Waals surface area contributed by atoms with Crippen LogP contribution in [0.4, 0.5) is 48.3 Å². The summed E-state index contributed by atoms with van der Waals surface area (Å²) in [5.41, 5.74) is 2.36. The molecule has 0 saturated carbocycles. The first-order valence-corrected chi connectivity index (χ1v) is 36.0. The third-order valence-corrected chi connectivity index (χ3v) is 14.4. The van der Waals surface area contributed by atoms with Crippen molar-refractivity contribution < 1.29 is 206 Å². The normalized spacial score (nSPS) is 9.06. The number of hydrogen-bond acceptors (Lipinski definition) is 12. The van der Waals surface area contributed by atoms with E-state index in [0.29, 0.717) is 44.8 Å². The molecule has 0 atom stereocenters. The number of methoxy groups -OCH3 is 3. The van der Waals surface area contributed by atoms with E-state index in [1.165, 1.54) is 118 Å². The van der Waals surface area contributed by atoms with Crippen molar-refractivity contribution in [3.05, 3.63) is 323 Å². The van der Waals surface area contributed by atoms with Gasteiger partial charge in [0.15, 0.2) is 0 Å². The van der Waals surface area contributed by atoms with E-state index in [9.17, 15) is 58.5 Å².